The molecule has 26 heavy (non-hydrogen) atoms. The molecule has 1 aromatic carbocycles. The zero-order valence-corrected chi connectivity index (χ0v) is 17.9. The lowest BCUT2D eigenvalue weighted by Gasteiger charge is -2.45. The number of anilines is 1. The van der Waals surface area contributed by atoms with Crippen LogP contribution >= 0.6 is 0 Å². The molecule has 1 saturated heterocycles. The molecule has 0 radical (unpaired) electrons. The van der Waals surface area contributed by atoms with Crippen LogP contribution in [0.15, 0.2) is 24.3 Å². The van der Waals surface area contributed by atoms with Crippen LogP contribution in [-0.2, 0) is 14.0 Å². The van der Waals surface area contributed by atoms with Gasteiger partial charge in [0.2, 0.25) is 0 Å². The smallest absolute Gasteiger partial charge is 0.251 e. The fourth-order valence-electron chi connectivity index (χ4n) is 2.76. The van der Waals surface area contributed by atoms with Crippen molar-refractivity contribution in [3.63, 3.8) is 0 Å². The van der Waals surface area contributed by atoms with E-state index in [9.17, 15) is 4.79 Å². The molecule has 146 valence electrons. The molecule has 6 nitrogen and oxygen atoms in total. The Balaban J connectivity index is 2.25. The topological polar surface area (TPSA) is 68.8 Å². The van der Waals surface area contributed by atoms with Crippen LogP contribution in [0, 0.1) is 0 Å². The summed E-state index contributed by atoms with van der Waals surface area (Å²) in [5.74, 6) is 0.669. The van der Waals surface area contributed by atoms with Crippen LogP contribution in [0.4, 0.5) is 5.69 Å². The standard InChI is InChI=1S/C19H32N2O4Si/c1-19(2,3)26(6,7)25-15-12-20-18(22)17(24-5)16(15)21-13-8-10-14(23-4)11-9-13/h8-11,15-17,21H,12H2,1-7H3,(H,20,22)/t15-,16+,17-/m1/s1. The number of benzene rings is 1. The molecule has 7 heteroatoms. The second-order valence-electron chi connectivity index (χ2n) is 8.22. The van der Waals surface area contributed by atoms with Crippen LogP contribution < -0.4 is 15.4 Å². The van der Waals surface area contributed by atoms with Gasteiger partial charge in [-0.1, -0.05) is 20.8 Å². The quantitative estimate of drug-likeness (QED) is 0.743. The third kappa shape index (κ3) is 4.58. The average molecular weight is 381 g/mol. The van der Waals surface area contributed by atoms with Crippen molar-refractivity contribution in [1.82, 2.24) is 5.32 Å². The van der Waals surface area contributed by atoms with Crippen molar-refractivity contribution in [2.75, 3.05) is 26.1 Å². The summed E-state index contributed by atoms with van der Waals surface area (Å²) < 4.78 is 17.3. The third-order valence-corrected chi connectivity index (χ3v) is 9.90. The van der Waals surface area contributed by atoms with Gasteiger partial charge in [0.05, 0.1) is 19.3 Å². The maximum absolute atomic E-state index is 12.3. The van der Waals surface area contributed by atoms with Crippen molar-refractivity contribution in [3.05, 3.63) is 24.3 Å². The fourth-order valence-corrected chi connectivity index (χ4v) is 4.10. The highest BCUT2D eigenvalue weighted by Gasteiger charge is 2.45. The van der Waals surface area contributed by atoms with E-state index in [-0.39, 0.29) is 23.1 Å². The summed E-state index contributed by atoms with van der Waals surface area (Å²) >= 11 is 0. The normalized spacial score (nSPS) is 24.1. The zero-order chi connectivity index (χ0) is 19.5. The summed E-state index contributed by atoms with van der Waals surface area (Å²) in [6.45, 7) is 11.5. The molecule has 0 unspecified atom stereocenters. The van der Waals surface area contributed by atoms with Gasteiger partial charge in [-0.05, 0) is 42.4 Å². The zero-order valence-electron chi connectivity index (χ0n) is 16.9. The number of hydrogen-bond acceptors (Lipinski definition) is 5. The first-order valence-corrected chi connectivity index (χ1v) is 11.9. The van der Waals surface area contributed by atoms with E-state index in [1.165, 1.54) is 0 Å². The Bertz CT molecular complexity index is 613. The first-order valence-electron chi connectivity index (χ1n) is 8.98. The van der Waals surface area contributed by atoms with Crippen LogP contribution in [0.1, 0.15) is 20.8 Å². The molecule has 0 saturated carbocycles. The van der Waals surface area contributed by atoms with Gasteiger partial charge in [-0.3, -0.25) is 4.79 Å². The van der Waals surface area contributed by atoms with Gasteiger partial charge in [-0.15, -0.1) is 0 Å². The molecule has 2 N–H and O–H groups in total. The molecule has 0 aliphatic carbocycles. The summed E-state index contributed by atoms with van der Waals surface area (Å²) in [5.41, 5.74) is 0.899. The van der Waals surface area contributed by atoms with Crippen molar-refractivity contribution in [3.8, 4) is 5.75 Å². The summed E-state index contributed by atoms with van der Waals surface area (Å²) in [6.07, 6.45) is -0.777. The highest BCUT2D eigenvalue weighted by Crippen LogP contribution is 2.38. The highest BCUT2D eigenvalue weighted by molar-refractivity contribution is 6.74. The van der Waals surface area contributed by atoms with Gasteiger partial charge in [0, 0.05) is 19.3 Å². The Labute approximate surface area is 157 Å². The minimum Gasteiger partial charge on any atom is -0.497 e. The van der Waals surface area contributed by atoms with Gasteiger partial charge in [-0.25, -0.2) is 0 Å². The molecule has 1 fully saturated rings. The Morgan fingerprint density at radius 2 is 1.77 bits per heavy atom. The third-order valence-electron chi connectivity index (χ3n) is 5.39. The number of amides is 1. The number of piperidine rings is 1. The minimum absolute atomic E-state index is 0.0850. The first-order chi connectivity index (χ1) is 12.1. The van der Waals surface area contributed by atoms with Gasteiger partial charge in [0.25, 0.3) is 5.91 Å². The van der Waals surface area contributed by atoms with Gasteiger partial charge >= 0.3 is 0 Å². The molecule has 1 aliphatic rings. The first kappa shape index (κ1) is 20.7. The Kier molecular flexibility index (Phi) is 6.36. The van der Waals surface area contributed by atoms with Gasteiger partial charge in [0.15, 0.2) is 14.4 Å². The Hall–Kier alpha value is -1.57. The van der Waals surface area contributed by atoms with Crippen LogP contribution in [0.25, 0.3) is 0 Å². The molecular formula is C19H32N2O4Si. The largest absolute Gasteiger partial charge is 0.497 e. The summed E-state index contributed by atoms with van der Waals surface area (Å²) in [4.78, 5) is 12.3. The van der Waals surface area contributed by atoms with Crippen molar-refractivity contribution in [2.24, 2.45) is 0 Å². The molecule has 0 aromatic heterocycles. The Morgan fingerprint density at radius 3 is 2.27 bits per heavy atom. The van der Waals surface area contributed by atoms with Crippen molar-refractivity contribution in [2.45, 2.75) is 57.2 Å². The van der Waals surface area contributed by atoms with Crippen LogP contribution in [0.2, 0.25) is 18.1 Å². The van der Waals surface area contributed by atoms with Crippen LogP contribution in [-0.4, -0.2) is 53.2 Å². The predicted molar refractivity (Wildman–Crippen MR) is 106 cm³/mol. The fraction of sp³-hybridized carbons (Fsp3) is 0.632. The van der Waals surface area contributed by atoms with Gasteiger partial charge in [0.1, 0.15) is 5.75 Å². The predicted octanol–water partition coefficient (Wildman–Crippen LogP) is 3.01. The second-order valence-corrected chi connectivity index (χ2v) is 13.0. The highest BCUT2D eigenvalue weighted by atomic mass is 28.4. The van der Waals surface area contributed by atoms with Crippen molar-refractivity contribution in [1.29, 1.82) is 0 Å². The Morgan fingerprint density at radius 1 is 1.15 bits per heavy atom. The SMILES string of the molecule is COc1ccc(N[C@H]2[C@H](O[Si](C)(C)C(C)(C)C)CNC(=O)[C@@H]2OC)cc1. The van der Waals surface area contributed by atoms with Crippen LogP contribution in [0.3, 0.4) is 0 Å². The van der Waals surface area contributed by atoms with Crippen molar-refractivity contribution < 1.29 is 18.7 Å². The number of carbonyl (C=O) groups is 1. The van der Waals surface area contributed by atoms with E-state index in [4.69, 9.17) is 13.9 Å². The van der Waals surface area contributed by atoms with E-state index in [1.54, 1.807) is 14.2 Å². The van der Waals surface area contributed by atoms with E-state index in [2.05, 4.69) is 44.5 Å². The number of rotatable bonds is 6. The molecule has 0 spiro atoms. The summed E-state index contributed by atoms with van der Waals surface area (Å²) in [7, 11) is 1.20. The molecule has 1 aromatic rings. The maximum atomic E-state index is 12.3. The maximum Gasteiger partial charge on any atom is 0.251 e. The van der Waals surface area contributed by atoms with Crippen LogP contribution in [0.5, 0.6) is 5.75 Å². The average Bonchev–Trinajstić information content (AvgIpc) is 2.57. The second kappa shape index (κ2) is 7.98. The molecule has 2 rings (SSSR count). The number of hydrogen-bond donors (Lipinski definition) is 2. The number of ether oxygens (including phenoxy) is 2. The van der Waals surface area contributed by atoms with E-state index < -0.39 is 14.4 Å². The van der Waals surface area contributed by atoms with Crippen molar-refractivity contribution >= 4 is 19.9 Å². The number of nitrogens with one attached hydrogen (secondary N) is 2. The van der Waals surface area contributed by atoms with E-state index in [0.29, 0.717) is 6.54 Å². The van der Waals surface area contributed by atoms with E-state index in [1.807, 2.05) is 24.3 Å². The minimum atomic E-state index is -2.00. The molecule has 3 atom stereocenters. The van der Waals surface area contributed by atoms with E-state index >= 15 is 0 Å². The lowest BCUT2D eigenvalue weighted by atomic mass is 9.99. The molecular weight excluding hydrogens is 348 g/mol. The lowest BCUT2D eigenvalue weighted by Crippen LogP contribution is -2.64. The lowest BCUT2D eigenvalue weighted by molar-refractivity contribution is -0.137. The monoisotopic (exact) mass is 380 g/mol. The number of carbonyl (C=O) groups excluding carboxylic acids is 1. The molecule has 0 bridgehead atoms. The molecule has 1 aliphatic heterocycles. The summed E-state index contributed by atoms with van der Waals surface area (Å²) in [6, 6.07) is 7.37. The number of methoxy groups -OCH3 is 2. The summed E-state index contributed by atoms with van der Waals surface area (Å²) in [5, 5.41) is 6.44. The van der Waals surface area contributed by atoms with Gasteiger partial charge in [-0.2, -0.15) is 0 Å². The molecule has 1 heterocycles. The molecule has 1 amide bonds. The van der Waals surface area contributed by atoms with E-state index in [0.717, 1.165) is 11.4 Å². The van der Waals surface area contributed by atoms with Gasteiger partial charge < -0.3 is 24.5 Å².